The Morgan fingerprint density at radius 2 is 2.29 bits per heavy atom. The van der Waals surface area contributed by atoms with E-state index < -0.39 is 0 Å². The number of nitrogens with one attached hydrogen (secondary N) is 1. The van der Waals surface area contributed by atoms with Crippen molar-refractivity contribution in [3.8, 4) is 0 Å². The second-order valence-corrected chi connectivity index (χ2v) is 6.69. The third kappa shape index (κ3) is 2.96. The van der Waals surface area contributed by atoms with Gasteiger partial charge in [0.05, 0.1) is 10.6 Å². The minimum atomic E-state index is -0.331. The topological polar surface area (TPSA) is 21.3 Å². The Morgan fingerprint density at radius 3 is 2.95 bits per heavy atom. The zero-order valence-corrected chi connectivity index (χ0v) is 13.3. The minimum absolute atomic E-state index is 0.0936. The molecule has 0 amide bonds. The summed E-state index contributed by atoms with van der Waals surface area (Å²) in [4.78, 5) is 0. The second kappa shape index (κ2) is 6.23. The van der Waals surface area contributed by atoms with Gasteiger partial charge < -0.3 is 10.1 Å². The Labute approximate surface area is 131 Å². The summed E-state index contributed by atoms with van der Waals surface area (Å²) in [6.07, 6.45) is 5.65. The Bertz CT molecular complexity index is 504. The molecule has 2 fully saturated rings. The molecule has 3 rings (SSSR count). The Balaban J connectivity index is 1.85. The predicted octanol–water partition coefficient (Wildman–Crippen LogP) is 4.48. The van der Waals surface area contributed by atoms with Crippen LogP contribution in [0.5, 0.6) is 0 Å². The molecule has 2 unspecified atom stereocenters. The van der Waals surface area contributed by atoms with Crippen molar-refractivity contribution in [3.63, 3.8) is 0 Å². The van der Waals surface area contributed by atoms with Crippen molar-refractivity contribution >= 4 is 11.6 Å². The third-order valence-electron chi connectivity index (χ3n) is 5.01. The summed E-state index contributed by atoms with van der Waals surface area (Å²) in [5.74, 6) is 0.126. The summed E-state index contributed by atoms with van der Waals surface area (Å²) in [7, 11) is 0. The first-order valence-corrected chi connectivity index (χ1v) is 8.34. The van der Waals surface area contributed by atoms with Crippen molar-refractivity contribution in [2.24, 2.45) is 5.92 Å². The van der Waals surface area contributed by atoms with Gasteiger partial charge in [-0.3, -0.25) is 0 Å². The van der Waals surface area contributed by atoms with Crippen molar-refractivity contribution in [2.45, 2.75) is 50.7 Å². The molecule has 0 radical (unpaired) electrons. The lowest BCUT2D eigenvalue weighted by atomic mass is 9.69. The normalized spacial score (nSPS) is 25.6. The molecule has 4 heteroatoms. The lowest BCUT2D eigenvalue weighted by Crippen LogP contribution is -2.48. The van der Waals surface area contributed by atoms with Crippen LogP contribution in [0, 0.1) is 11.7 Å². The highest BCUT2D eigenvalue weighted by molar-refractivity contribution is 6.31. The fourth-order valence-corrected chi connectivity index (χ4v) is 4.02. The van der Waals surface area contributed by atoms with Crippen LogP contribution >= 0.6 is 11.6 Å². The minimum Gasteiger partial charge on any atom is -0.375 e. The Kier molecular flexibility index (Phi) is 4.53. The van der Waals surface area contributed by atoms with E-state index in [1.807, 2.05) is 6.07 Å². The highest BCUT2D eigenvalue weighted by Crippen LogP contribution is 2.47. The third-order valence-corrected chi connectivity index (χ3v) is 5.41. The molecule has 1 saturated heterocycles. The van der Waals surface area contributed by atoms with E-state index in [0.717, 1.165) is 31.6 Å². The molecule has 0 bridgehead atoms. The molecular formula is C17H23ClFNO. The molecular weight excluding hydrogens is 289 g/mol. The van der Waals surface area contributed by atoms with Gasteiger partial charge in [0.15, 0.2) is 0 Å². The second-order valence-electron chi connectivity index (χ2n) is 6.32. The van der Waals surface area contributed by atoms with E-state index in [1.54, 1.807) is 6.07 Å². The van der Waals surface area contributed by atoms with Crippen molar-refractivity contribution in [3.05, 3.63) is 34.6 Å². The lowest BCUT2D eigenvalue weighted by Gasteiger charge is -2.49. The quantitative estimate of drug-likeness (QED) is 0.885. The number of hydrogen-bond donors (Lipinski definition) is 1. The molecule has 21 heavy (non-hydrogen) atoms. The van der Waals surface area contributed by atoms with Crippen LogP contribution in [0.15, 0.2) is 18.2 Å². The summed E-state index contributed by atoms with van der Waals surface area (Å²) in [6.45, 7) is 3.74. The van der Waals surface area contributed by atoms with Gasteiger partial charge in [0, 0.05) is 12.6 Å². The molecule has 2 atom stereocenters. The molecule has 1 aliphatic heterocycles. The maximum absolute atomic E-state index is 13.8. The molecule has 1 aromatic rings. The maximum Gasteiger partial charge on any atom is 0.142 e. The van der Waals surface area contributed by atoms with E-state index in [1.165, 1.54) is 25.3 Å². The molecule has 0 aromatic heterocycles. The van der Waals surface area contributed by atoms with Gasteiger partial charge >= 0.3 is 0 Å². The van der Waals surface area contributed by atoms with Crippen LogP contribution in [0.2, 0.25) is 5.02 Å². The van der Waals surface area contributed by atoms with Gasteiger partial charge in [0.25, 0.3) is 0 Å². The first kappa shape index (κ1) is 15.3. The van der Waals surface area contributed by atoms with Crippen molar-refractivity contribution in [2.75, 3.05) is 13.2 Å². The van der Waals surface area contributed by atoms with Crippen molar-refractivity contribution < 1.29 is 9.13 Å². The van der Waals surface area contributed by atoms with Gasteiger partial charge in [-0.25, -0.2) is 4.39 Å². The van der Waals surface area contributed by atoms with E-state index in [0.29, 0.717) is 5.92 Å². The Hall–Kier alpha value is -0.640. The standard InChI is InChI=1S/C17H23ClFNO/c1-2-20-16(13-5-3-6-14(19)15(13)18)12-7-10-21-17(11-12)8-4-9-17/h3,5-6,12,16,20H,2,4,7-11H2,1H3. The van der Waals surface area contributed by atoms with E-state index in [-0.39, 0.29) is 22.5 Å². The average Bonchev–Trinajstić information content (AvgIpc) is 2.47. The van der Waals surface area contributed by atoms with Gasteiger partial charge in [0.2, 0.25) is 0 Å². The number of rotatable bonds is 4. The molecule has 1 aromatic carbocycles. The van der Waals surface area contributed by atoms with Crippen LogP contribution in [0.1, 0.15) is 50.6 Å². The monoisotopic (exact) mass is 311 g/mol. The first-order chi connectivity index (χ1) is 10.2. The molecule has 2 aliphatic rings. The molecule has 1 spiro atoms. The lowest BCUT2D eigenvalue weighted by molar-refractivity contribution is -0.147. The zero-order valence-electron chi connectivity index (χ0n) is 12.5. The van der Waals surface area contributed by atoms with E-state index in [9.17, 15) is 4.39 Å². The van der Waals surface area contributed by atoms with Crippen molar-refractivity contribution in [1.82, 2.24) is 5.32 Å². The molecule has 116 valence electrons. The van der Waals surface area contributed by atoms with Gasteiger partial charge in [-0.1, -0.05) is 30.7 Å². The van der Waals surface area contributed by atoms with E-state index in [2.05, 4.69) is 12.2 Å². The zero-order chi connectivity index (χ0) is 14.9. The van der Waals surface area contributed by atoms with E-state index in [4.69, 9.17) is 16.3 Å². The summed E-state index contributed by atoms with van der Waals surface area (Å²) < 4.78 is 19.8. The van der Waals surface area contributed by atoms with Crippen LogP contribution in [-0.2, 0) is 4.74 Å². The number of benzene rings is 1. The summed E-state index contributed by atoms with van der Waals surface area (Å²) in [5, 5.41) is 3.78. The Morgan fingerprint density at radius 1 is 1.48 bits per heavy atom. The van der Waals surface area contributed by atoms with E-state index >= 15 is 0 Å². The fourth-order valence-electron chi connectivity index (χ4n) is 3.78. The predicted molar refractivity (Wildman–Crippen MR) is 83.1 cm³/mol. The van der Waals surface area contributed by atoms with Crippen LogP contribution in [-0.4, -0.2) is 18.8 Å². The average molecular weight is 312 g/mol. The molecule has 1 heterocycles. The summed E-state index contributed by atoms with van der Waals surface area (Å²) >= 11 is 6.22. The van der Waals surface area contributed by atoms with Crippen LogP contribution in [0.3, 0.4) is 0 Å². The first-order valence-electron chi connectivity index (χ1n) is 7.96. The van der Waals surface area contributed by atoms with Gasteiger partial charge in [-0.15, -0.1) is 0 Å². The van der Waals surface area contributed by atoms with Crippen LogP contribution in [0.4, 0.5) is 4.39 Å². The van der Waals surface area contributed by atoms with Gasteiger partial charge in [-0.05, 0) is 56.2 Å². The smallest absolute Gasteiger partial charge is 0.142 e. The number of halogens is 2. The van der Waals surface area contributed by atoms with Crippen LogP contribution in [0.25, 0.3) is 0 Å². The number of hydrogen-bond acceptors (Lipinski definition) is 2. The summed E-state index contributed by atoms with van der Waals surface area (Å²) in [6, 6.07) is 5.23. The highest BCUT2D eigenvalue weighted by Gasteiger charge is 2.44. The fraction of sp³-hybridized carbons (Fsp3) is 0.647. The molecule has 1 N–H and O–H groups in total. The maximum atomic E-state index is 13.8. The highest BCUT2D eigenvalue weighted by atomic mass is 35.5. The van der Waals surface area contributed by atoms with Crippen LogP contribution < -0.4 is 5.32 Å². The van der Waals surface area contributed by atoms with Crippen molar-refractivity contribution in [1.29, 1.82) is 0 Å². The summed E-state index contributed by atoms with van der Waals surface area (Å²) in [5.41, 5.74) is 0.982. The SMILES string of the molecule is CCNC(c1cccc(F)c1Cl)C1CCOC2(CCC2)C1. The molecule has 1 aliphatic carbocycles. The van der Waals surface area contributed by atoms with Gasteiger partial charge in [-0.2, -0.15) is 0 Å². The number of ether oxygens (including phenoxy) is 1. The largest absolute Gasteiger partial charge is 0.375 e. The molecule has 2 nitrogen and oxygen atoms in total. The van der Waals surface area contributed by atoms with Gasteiger partial charge in [0.1, 0.15) is 5.82 Å². The molecule has 1 saturated carbocycles.